The Balaban J connectivity index is 1.60. The van der Waals surface area contributed by atoms with E-state index in [-0.39, 0.29) is 37.1 Å². The summed E-state index contributed by atoms with van der Waals surface area (Å²) in [5, 5.41) is 5.39. The maximum absolute atomic E-state index is 11.9. The van der Waals surface area contributed by atoms with Crippen molar-refractivity contribution in [3.8, 4) is 5.75 Å². The standard InChI is InChI=1S/C18H25N3O5/c1-2-25-18(24)21-10-8-14(9-11-21)20-16(22)12-19-17(23)13-26-15-6-4-3-5-7-15/h3-7,14H,2,8-13H2,1H3,(H,19,23)(H,20,22). The summed E-state index contributed by atoms with van der Waals surface area (Å²) in [4.78, 5) is 36.9. The lowest BCUT2D eigenvalue weighted by Gasteiger charge is -2.31. The van der Waals surface area contributed by atoms with E-state index < -0.39 is 0 Å². The van der Waals surface area contributed by atoms with Crippen LogP contribution in [0.5, 0.6) is 5.75 Å². The first kappa shape index (κ1) is 19.6. The van der Waals surface area contributed by atoms with Crippen LogP contribution in [0.3, 0.4) is 0 Å². The van der Waals surface area contributed by atoms with E-state index in [2.05, 4.69) is 10.6 Å². The van der Waals surface area contributed by atoms with Gasteiger partial charge in [-0.05, 0) is 31.9 Å². The van der Waals surface area contributed by atoms with E-state index in [9.17, 15) is 14.4 Å². The molecule has 0 unspecified atom stereocenters. The Hall–Kier alpha value is -2.77. The van der Waals surface area contributed by atoms with Crippen molar-refractivity contribution in [3.05, 3.63) is 30.3 Å². The summed E-state index contributed by atoms with van der Waals surface area (Å²) in [6.45, 7) is 2.96. The van der Waals surface area contributed by atoms with Crippen LogP contribution in [-0.4, -0.2) is 61.7 Å². The average molecular weight is 363 g/mol. The molecular weight excluding hydrogens is 338 g/mol. The molecule has 1 aliphatic rings. The van der Waals surface area contributed by atoms with Crippen molar-refractivity contribution in [2.45, 2.75) is 25.8 Å². The minimum Gasteiger partial charge on any atom is -0.484 e. The Bertz CT molecular complexity index is 600. The first-order chi connectivity index (χ1) is 12.6. The number of likely N-dealkylation sites (tertiary alicyclic amines) is 1. The Morgan fingerprint density at radius 2 is 1.81 bits per heavy atom. The van der Waals surface area contributed by atoms with E-state index in [1.54, 1.807) is 24.0 Å². The van der Waals surface area contributed by atoms with Gasteiger partial charge in [0.2, 0.25) is 5.91 Å². The van der Waals surface area contributed by atoms with Gasteiger partial charge in [-0.15, -0.1) is 0 Å². The van der Waals surface area contributed by atoms with E-state index in [0.717, 1.165) is 0 Å². The molecule has 1 aliphatic heterocycles. The number of amides is 3. The topological polar surface area (TPSA) is 97.0 Å². The highest BCUT2D eigenvalue weighted by atomic mass is 16.6. The Morgan fingerprint density at radius 3 is 2.46 bits per heavy atom. The Kier molecular flexibility index (Phi) is 7.73. The fraction of sp³-hybridized carbons (Fsp3) is 0.500. The van der Waals surface area contributed by atoms with Gasteiger partial charge in [-0.25, -0.2) is 4.79 Å². The second-order valence-electron chi connectivity index (χ2n) is 5.91. The lowest BCUT2D eigenvalue weighted by molar-refractivity contribution is -0.127. The van der Waals surface area contributed by atoms with Gasteiger partial charge in [0, 0.05) is 19.1 Å². The number of hydrogen-bond acceptors (Lipinski definition) is 5. The third kappa shape index (κ3) is 6.62. The van der Waals surface area contributed by atoms with E-state index in [4.69, 9.17) is 9.47 Å². The van der Waals surface area contributed by atoms with Crippen LogP contribution in [0.4, 0.5) is 4.79 Å². The fourth-order valence-electron chi connectivity index (χ4n) is 2.60. The zero-order valence-corrected chi connectivity index (χ0v) is 14.9. The van der Waals surface area contributed by atoms with E-state index in [0.29, 0.717) is 38.3 Å². The third-order valence-electron chi connectivity index (χ3n) is 3.95. The van der Waals surface area contributed by atoms with Crippen LogP contribution in [0.25, 0.3) is 0 Å². The second-order valence-corrected chi connectivity index (χ2v) is 5.91. The van der Waals surface area contributed by atoms with Crippen LogP contribution < -0.4 is 15.4 Å². The molecule has 0 radical (unpaired) electrons. The molecule has 1 fully saturated rings. The molecule has 1 aromatic carbocycles. The normalized spacial score (nSPS) is 14.4. The van der Waals surface area contributed by atoms with Crippen LogP contribution in [0.15, 0.2) is 30.3 Å². The van der Waals surface area contributed by atoms with Crippen LogP contribution >= 0.6 is 0 Å². The SMILES string of the molecule is CCOC(=O)N1CCC(NC(=O)CNC(=O)COc2ccccc2)CC1. The zero-order chi connectivity index (χ0) is 18.8. The predicted molar refractivity (Wildman–Crippen MR) is 94.7 cm³/mol. The summed E-state index contributed by atoms with van der Waals surface area (Å²) in [5.74, 6) is -0.0192. The van der Waals surface area contributed by atoms with Crippen LogP contribution in [0.2, 0.25) is 0 Å². The fourth-order valence-corrected chi connectivity index (χ4v) is 2.60. The maximum atomic E-state index is 11.9. The van der Waals surface area contributed by atoms with Crippen molar-refractivity contribution in [1.82, 2.24) is 15.5 Å². The van der Waals surface area contributed by atoms with E-state index in [1.165, 1.54) is 0 Å². The first-order valence-electron chi connectivity index (χ1n) is 8.74. The molecule has 2 N–H and O–H groups in total. The molecule has 8 nitrogen and oxygen atoms in total. The average Bonchev–Trinajstić information content (AvgIpc) is 2.66. The number of carbonyl (C=O) groups is 3. The van der Waals surface area contributed by atoms with Gasteiger partial charge < -0.3 is 25.0 Å². The highest BCUT2D eigenvalue weighted by Gasteiger charge is 2.24. The molecule has 142 valence electrons. The number of piperidine rings is 1. The molecule has 0 saturated carbocycles. The van der Waals surface area contributed by atoms with Gasteiger partial charge in [-0.1, -0.05) is 18.2 Å². The summed E-state index contributed by atoms with van der Waals surface area (Å²) in [5.41, 5.74) is 0. The molecule has 1 heterocycles. The third-order valence-corrected chi connectivity index (χ3v) is 3.95. The van der Waals surface area contributed by atoms with Gasteiger partial charge in [0.25, 0.3) is 5.91 Å². The molecule has 2 rings (SSSR count). The van der Waals surface area contributed by atoms with Crippen molar-refractivity contribution < 1.29 is 23.9 Å². The Labute approximate surface area is 152 Å². The number of carbonyl (C=O) groups excluding carboxylic acids is 3. The summed E-state index contributed by atoms with van der Waals surface area (Å²) >= 11 is 0. The van der Waals surface area contributed by atoms with Gasteiger partial charge in [0.15, 0.2) is 6.61 Å². The number of para-hydroxylation sites is 1. The van der Waals surface area contributed by atoms with E-state index >= 15 is 0 Å². The van der Waals surface area contributed by atoms with Gasteiger partial charge in [0.1, 0.15) is 5.75 Å². The minimum atomic E-state index is -0.360. The molecule has 0 spiro atoms. The maximum Gasteiger partial charge on any atom is 0.409 e. The molecule has 0 aromatic heterocycles. The van der Waals surface area contributed by atoms with Crippen LogP contribution in [0.1, 0.15) is 19.8 Å². The summed E-state index contributed by atoms with van der Waals surface area (Å²) < 4.78 is 10.3. The number of rotatable bonds is 7. The van der Waals surface area contributed by atoms with Gasteiger partial charge in [-0.2, -0.15) is 0 Å². The van der Waals surface area contributed by atoms with Crippen molar-refractivity contribution in [2.24, 2.45) is 0 Å². The van der Waals surface area contributed by atoms with Crippen LogP contribution in [0, 0.1) is 0 Å². The summed E-state index contributed by atoms with van der Waals surface area (Å²) in [6, 6.07) is 8.98. The number of benzene rings is 1. The quantitative estimate of drug-likeness (QED) is 0.751. The smallest absolute Gasteiger partial charge is 0.409 e. The number of ether oxygens (including phenoxy) is 2. The lowest BCUT2D eigenvalue weighted by Crippen LogP contribution is -2.49. The highest BCUT2D eigenvalue weighted by Crippen LogP contribution is 2.11. The Morgan fingerprint density at radius 1 is 1.12 bits per heavy atom. The summed E-state index contributed by atoms with van der Waals surface area (Å²) in [7, 11) is 0. The van der Waals surface area contributed by atoms with Gasteiger partial charge >= 0.3 is 6.09 Å². The van der Waals surface area contributed by atoms with Gasteiger partial charge in [0.05, 0.1) is 13.2 Å². The predicted octanol–water partition coefficient (Wildman–Crippen LogP) is 0.919. The molecule has 26 heavy (non-hydrogen) atoms. The molecule has 1 saturated heterocycles. The van der Waals surface area contributed by atoms with E-state index in [1.807, 2.05) is 18.2 Å². The lowest BCUT2D eigenvalue weighted by atomic mass is 10.1. The van der Waals surface area contributed by atoms with Gasteiger partial charge in [-0.3, -0.25) is 9.59 Å². The molecule has 8 heteroatoms. The monoisotopic (exact) mass is 363 g/mol. The molecular formula is C18H25N3O5. The molecule has 0 bridgehead atoms. The molecule has 1 aromatic rings. The number of nitrogens with one attached hydrogen (secondary N) is 2. The second kappa shape index (κ2) is 10.3. The van der Waals surface area contributed by atoms with Crippen molar-refractivity contribution in [3.63, 3.8) is 0 Å². The molecule has 0 aliphatic carbocycles. The first-order valence-corrected chi connectivity index (χ1v) is 8.74. The number of hydrogen-bond donors (Lipinski definition) is 2. The number of nitrogens with zero attached hydrogens (tertiary/aromatic N) is 1. The summed E-state index contributed by atoms with van der Waals surface area (Å²) in [6.07, 6.45) is 1.01. The zero-order valence-electron chi connectivity index (χ0n) is 14.9. The van der Waals surface area contributed by atoms with Crippen molar-refractivity contribution in [2.75, 3.05) is 32.8 Å². The van der Waals surface area contributed by atoms with Crippen molar-refractivity contribution >= 4 is 17.9 Å². The van der Waals surface area contributed by atoms with Crippen molar-refractivity contribution in [1.29, 1.82) is 0 Å². The van der Waals surface area contributed by atoms with Crippen LogP contribution in [-0.2, 0) is 14.3 Å². The minimum absolute atomic E-state index is 0.00866. The highest BCUT2D eigenvalue weighted by molar-refractivity contribution is 5.85. The largest absolute Gasteiger partial charge is 0.484 e. The molecule has 3 amide bonds. The molecule has 0 atom stereocenters.